The van der Waals surface area contributed by atoms with E-state index in [1.807, 2.05) is 7.05 Å². The Balaban J connectivity index is 2.05. The number of likely N-dealkylation sites (tertiary alicyclic amines) is 1. The summed E-state index contributed by atoms with van der Waals surface area (Å²) in [5, 5.41) is 10.8. The summed E-state index contributed by atoms with van der Waals surface area (Å²) in [6.45, 7) is 1.38. The summed E-state index contributed by atoms with van der Waals surface area (Å²) in [5.74, 6) is -0.0888. The zero-order valence-electron chi connectivity index (χ0n) is 10.8. The zero-order chi connectivity index (χ0) is 13.8. The van der Waals surface area contributed by atoms with Crippen molar-refractivity contribution in [3.05, 3.63) is 16.3 Å². The topological polar surface area (TPSA) is 107 Å². The summed E-state index contributed by atoms with van der Waals surface area (Å²) in [6, 6.07) is 0.254. The molecule has 2 rings (SSSR count). The third kappa shape index (κ3) is 3.28. The average molecular weight is 267 g/mol. The van der Waals surface area contributed by atoms with Gasteiger partial charge in [0, 0.05) is 6.04 Å². The number of piperidine rings is 1. The molecular weight excluding hydrogens is 250 g/mol. The van der Waals surface area contributed by atoms with E-state index in [0.29, 0.717) is 6.61 Å². The SMILES string of the molecule is CN1CCCCC1COc1nc(N)ncc1[N+](=O)[O-]. The maximum absolute atomic E-state index is 10.8. The van der Waals surface area contributed by atoms with Crippen molar-refractivity contribution in [3.63, 3.8) is 0 Å². The van der Waals surface area contributed by atoms with Gasteiger partial charge in [-0.3, -0.25) is 10.1 Å². The Morgan fingerprint density at radius 1 is 1.63 bits per heavy atom. The van der Waals surface area contributed by atoms with Crippen LogP contribution >= 0.6 is 0 Å². The maximum Gasteiger partial charge on any atom is 0.349 e. The molecule has 8 heteroatoms. The Morgan fingerprint density at radius 3 is 3.11 bits per heavy atom. The van der Waals surface area contributed by atoms with Gasteiger partial charge in [-0.15, -0.1) is 0 Å². The lowest BCUT2D eigenvalue weighted by Gasteiger charge is -2.31. The van der Waals surface area contributed by atoms with Crippen LogP contribution in [-0.2, 0) is 0 Å². The highest BCUT2D eigenvalue weighted by Gasteiger charge is 2.23. The number of nitrogens with zero attached hydrogens (tertiary/aromatic N) is 4. The number of hydrogen-bond acceptors (Lipinski definition) is 7. The number of rotatable bonds is 4. The highest BCUT2D eigenvalue weighted by molar-refractivity contribution is 5.41. The quantitative estimate of drug-likeness (QED) is 0.635. The zero-order valence-corrected chi connectivity index (χ0v) is 10.8. The molecule has 1 aromatic heterocycles. The summed E-state index contributed by atoms with van der Waals surface area (Å²) < 4.78 is 5.47. The van der Waals surface area contributed by atoms with Crippen molar-refractivity contribution in [2.24, 2.45) is 0 Å². The summed E-state index contributed by atoms with van der Waals surface area (Å²) >= 11 is 0. The van der Waals surface area contributed by atoms with E-state index in [9.17, 15) is 10.1 Å². The molecule has 19 heavy (non-hydrogen) atoms. The Bertz CT molecular complexity index is 468. The third-order valence-corrected chi connectivity index (χ3v) is 3.28. The van der Waals surface area contributed by atoms with Gasteiger partial charge in [-0.2, -0.15) is 4.98 Å². The predicted octanol–water partition coefficient (Wildman–Crippen LogP) is 0.830. The molecule has 104 valence electrons. The number of hydrogen-bond donors (Lipinski definition) is 1. The smallest absolute Gasteiger partial charge is 0.349 e. The summed E-state index contributed by atoms with van der Waals surface area (Å²) in [5.41, 5.74) is 5.17. The van der Waals surface area contributed by atoms with Crippen LogP contribution < -0.4 is 10.5 Å². The number of nitrogens with two attached hydrogens (primary N) is 1. The first kappa shape index (κ1) is 13.5. The van der Waals surface area contributed by atoms with Gasteiger partial charge in [-0.25, -0.2) is 4.98 Å². The monoisotopic (exact) mass is 267 g/mol. The standard InChI is InChI=1S/C11H17N5O3/c1-15-5-3-2-4-8(15)7-19-10-9(16(17)18)6-13-11(12)14-10/h6,8H,2-5,7H2,1H3,(H2,12,13,14). The van der Waals surface area contributed by atoms with Gasteiger partial charge < -0.3 is 15.4 Å². The van der Waals surface area contributed by atoms with E-state index in [-0.39, 0.29) is 23.6 Å². The van der Waals surface area contributed by atoms with E-state index in [4.69, 9.17) is 10.5 Å². The summed E-state index contributed by atoms with van der Waals surface area (Å²) in [7, 11) is 2.02. The van der Waals surface area contributed by atoms with E-state index in [0.717, 1.165) is 25.6 Å². The van der Waals surface area contributed by atoms with Crippen molar-refractivity contribution < 1.29 is 9.66 Å². The fourth-order valence-corrected chi connectivity index (χ4v) is 2.13. The van der Waals surface area contributed by atoms with Crippen LogP contribution in [0.3, 0.4) is 0 Å². The lowest BCUT2D eigenvalue weighted by Crippen LogP contribution is -2.40. The Labute approximate surface area is 110 Å². The van der Waals surface area contributed by atoms with Gasteiger partial charge in [0.25, 0.3) is 5.88 Å². The lowest BCUT2D eigenvalue weighted by atomic mass is 10.0. The van der Waals surface area contributed by atoms with Crippen molar-refractivity contribution in [3.8, 4) is 5.88 Å². The molecule has 0 radical (unpaired) electrons. The number of nitro groups is 1. The number of likely N-dealkylation sites (N-methyl/N-ethyl adjacent to an activating group) is 1. The van der Waals surface area contributed by atoms with Gasteiger partial charge in [0.2, 0.25) is 5.95 Å². The first-order chi connectivity index (χ1) is 9.08. The lowest BCUT2D eigenvalue weighted by molar-refractivity contribution is -0.386. The van der Waals surface area contributed by atoms with Crippen LogP contribution in [0, 0.1) is 10.1 Å². The molecule has 0 amide bonds. The predicted molar refractivity (Wildman–Crippen MR) is 68.9 cm³/mol. The normalized spacial score (nSPS) is 20.2. The van der Waals surface area contributed by atoms with E-state index < -0.39 is 4.92 Å². The fourth-order valence-electron chi connectivity index (χ4n) is 2.13. The van der Waals surface area contributed by atoms with Crippen LogP contribution in [0.25, 0.3) is 0 Å². The molecule has 1 unspecified atom stereocenters. The minimum atomic E-state index is -0.570. The van der Waals surface area contributed by atoms with Crippen LogP contribution in [0.15, 0.2) is 6.20 Å². The second-order valence-corrected chi connectivity index (χ2v) is 4.62. The molecule has 0 spiro atoms. The van der Waals surface area contributed by atoms with Crippen molar-refractivity contribution >= 4 is 11.6 Å². The number of aromatic nitrogens is 2. The van der Waals surface area contributed by atoms with Crippen molar-refractivity contribution in [1.82, 2.24) is 14.9 Å². The molecular formula is C11H17N5O3. The molecule has 1 aromatic rings. The third-order valence-electron chi connectivity index (χ3n) is 3.28. The average Bonchev–Trinajstić information content (AvgIpc) is 2.37. The second kappa shape index (κ2) is 5.79. The van der Waals surface area contributed by atoms with Gasteiger partial charge in [0.15, 0.2) is 0 Å². The molecule has 0 saturated carbocycles. The van der Waals surface area contributed by atoms with Crippen LogP contribution in [-0.4, -0.2) is 46.0 Å². The number of anilines is 1. The van der Waals surface area contributed by atoms with Crippen LogP contribution in [0.2, 0.25) is 0 Å². The first-order valence-electron chi connectivity index (χ1n) is 6.18. The maximum atomic E-state index is 10.8. The van der Waals surface area contributed by atoms with Gasteiger partial charge in [-0.05, 0) is 26.4 Å². The molecule has 1 fully saturated rings. The second-order valence-electron chi connectivity index (χ2n) is 4.62. The van der Waals surface area contributed by atoms with E-state index in [1.54, 1.807) is 0 Å². The molecule has 1 saturated heterocycles. The number of ether oxygens (including phenoxy) is 1. The largest absolute Gasteiger partial charge is 0.471 e. The summed E-state index contributed by atoms with van der Waals surface area (Å²) in [6.07, 6.45) is 4.41. The molecule has 0 bridgehead atoms. The van der Waals surface area contributed by atoms with Crippen LogP contribution in [0.4, 0.5) is 11.6 Å². The molecule has 1 aliphatic heterocycles. The highest BCUT2D eigenvalue weighted by Crippen LogP contribution is 2.25. The van der Waals surface area contributed by atoms with Gasteiger partial charge in [-0.1, -0.05) is 6.42 Å². The molecule has 0 aromatic carbocycles. The Hall–Kier alpha value is -1.96. The van der Waals surface area contributed by atoms with Crippen LogP contribution in [0.1, 0.15) is 19.3 Å². The van der Waals surface area contributed by atoms with Crippen molar-refractivity contribution in [2.45, 2.75) is 25.3 Å². The molecule has 2 heterocycles. The molecule has 1 atom stereocenters. The highest BCUT2D eigenvalue weighted by atomic mass is 16.6. The molecule has 2 N–H and O–H groups in total. The van der Waals surface area contributed by atoms with Gasteiger partial charge >= 0.3 is 5.69 Å². The van der Waals surface area contributed by atoms with Crippen molar-refractivity contribution in [1.29, 1.82) is 0 Å². The van der Waals surface area contributed by atoms with Gasteiger partial charge in [0.1, 0.15) is 12.8 Å². The summed E-state index contributed by atoms with van der Waals surface area (Å²) in [4.78, 5) is 19.9. The minimum absolute atomic E-state index is 0.0300. The fraction of sp³-hybridized carbons (Fsp3) is 0.636. The van der Waals surface area contributed by atoms with Gasteiger partial charge in [0.05, 0.1) is 4.92 Å². The van der Waals surface area contributed by atoms with E-state index >= 15 is 0 Å². The molecule has 0 aliphatic carbocycles. The molecule has 8 nitrogen and oxygen atoms in total. The molecule has 1 aliphatic rings. The van der Waals surface area contributed by atoms with Crippen molar-refractivity contribution in [2.75, 3.05) is 25.9 Å². The van der Waals surface area contributed by atoms with Crippen LogP contribution in [0.5, 0.6) is 5.88 Å². The minimum Gasteiger partial charge on any atom is -0.471 e. The Morgan fingerprint density at radius 2 is 2.42 bits per heavy atom. The first-order valence-corrected chi connectivity index (χ1v) is 6.18. The Kier molecular flexibility index (Phi) is 4.10. The number of nitrogen functional groups attached to an aromatic ring is 1. The van der Waals surface area contributed by atoms with E-state index in [1.165, 1.54) is 6.42 Å². The van der Waals surface area contributed by atoms with E-state index in [2.05, 4.69) is 14.9 Å².